The van der Waals surface area contributed by atoms with Crippen LogP contribution in [0.5, 0.6) is 0 Å². The second kappa shape index (κ2) is 5.61. The molecule has 1 fully saturated rings. The molecule has 2 aromatic heterocycles. The van der Waals surface area contributed by atoms with Crippen LogP contribution in [0.25, 0.3) is 11.5 Å². The van der Waals surface area contributed by atoms with Crippen molar-refractivity contribution in [1.82, 2.24) is 15.0 Å². The highest BCUT2D eigenvalue weighted by Gasteiger charge is 2.34. The van der Waals surface area contributed by atoms with E-state index in [4.69, 9.17) is 4.98 Å². The molecule has 6 heteroatoms. The van der Waals surface area contributed by atoms with Crippen molar-refractivity contribution in [2.24, 2.45) is 0 Å². The van der Waals surface area contributed by atoms with Gasteiger partial charge in [0, 0.05) is 24.0 Å². The summed E-state index contributed by atoms with van der Waals surface area (Å²) in [6.07, 6.45) is 6.18. The number of hydrogen-bond donors (Lipinski definition) is 1. The predicted molar refractivity (Wildman–Crippen MR) is 85.3 cm³/mol. The zero-order valence-electron chi connectivity index (χ0n) is 12.8. The van der Waals surface area contributed by atoms with Gasteiger partial charge in [-0.05, 0) is 44.2 Å². The number of pyridine rings is 1. The van der Waals surface area contributed by atoms with E-state index in [1.165, 1.54) is 0 Å². The van der Waals surface area contributed by atoms with Crippen molar-refractivity contribution in [2.45, 2.75) is 38.1 Å². The summed E-state index contributed by atoms with van der Waals surface area (Å²) in [5, 5.41) is 9.48. The first-order valence-electron chi connectivity index (χ1n) is 8.04. The van der Waals surface area contributed by atoms with E-state index < -0.39 is 12.0 Å². The Balaban J connectivity index is 1.83. The molecule has 2 aromatic rings. The van der Waals surface area contributed by atoms with Crippen molar-refractivity contribution in [3.05, 3.63) is 35.7 Å². The van der Waals surface area contributed by atoms with Gasteiger partial charge in [-0.25, -0.2) is 14.8 Å². The number of carboxylic acid groups (broad SMARTS) is 1. The third-order valence-corrected chi connectivity index (χ3v) is 4.62. The average molecular weight is 310 g/mol. The number of aliphatic carboxylic acids is 1. The first-order valence-corrected chi connectivity index (χ1v) is 8.04. The van der Waals surface area contributed by atoms with Gasteiger partial charge in [0.2, 0.25) is 0 Å². The fourth-order valence-corrected chi connectivity index (χ4v) is 3.54. The maximum Gasteiger partial charge on any atom is 0.326 e. The molecule has 0 unspecified atom stereocenters. The van der Waals surface area contributed by atoms with Gasteiger partial charge in [-0.2, -0.15) is 0 Å². The lowest BCUT2D eigenvalue weighted by Crippen LogP contribution is -2.37. The summed E-state index contributed by atoms with van der Waals surface area (Å²) in [4.78, 5) is 27.2. The molecular weight excluding hydrogens is 292 g/mol. The Morgan fingerprint density at radius 1 is 1.22 bits per heavy atom. The third kappa shape index (κ3) is 2.44. The minimum absolute atomic E-state index is 0.480. The number of nitrogens with zero attached hydrogens (tertiary/aromatic N) is 4. The maximum absolute atomic E-state index is 11.5. The van der Waals surface area contributed by atoms with Gasteiger partial charge < -0.3 is 10.0 Å². The lowest BCUT2D eigenvalue weighted by Gasteiger charge is -2.25. The van der Waals surface area contributed by atoms with Crippen LogP contribution in [0.15, 0.2) is 24.4 Å². The molecule has 1 atom stereocenters. The molecule has 1 aliphatic heterocycles. The summed E-state index contributed by atoms with van der Waals surface area (Å²) < 4.78 is 0. The van der Waals surface area contributed by atoms with Crippen molar-refractivity contribution in [2.75, 3.05) is 11.4 Å². The molecule has 0 saturated carbocycles. The fraction of sp³-hybridized carbons (Fsp3) is 0.412. The molecule has 118 valence electrons. The van der Waals surface area contributed by atoms with E-state index in [-0.39, 0.29) is 0 Å². The topological polar surface area (TPSA) is 79.2 Å². The van der Waals surface area contributed by atoms with Crippen LogP contribution in [-0.4, -0.2) is 38.6 Å². The quantitative estimate of drug-likeness (QED) is 0.935. The number of anilines is 1. The largest absolute Gasteiger partial charge is 0.480 e. The first-order chi connectivity index (χ1) is 11.2. The fourth-order valence-electron chi connectivity index (χ4n) is 3.54. The molecule has 1 saturated heterocycles. The van der Waals surface area contributed by atoms with Crippen LogP contribution in [0, 0.1) is 0 Å². The predicted octanol–water partition coefficient (Wildman–Crippen LogP) is 2.08. The van der Waals surface area contributed by atoms with Crippen LogP contribution in [0.1, 0.15) is 30.5 Å². The zero-order chi connectivity index (χ0) is 15.8. The third-order valence-electron chi connectivity index (χ3n) is 4.62. The van der Waals surface area contributed by atoms with Gasteiger partial charge in [-0.1, -0.05) is 6.07 Å². The second-order valence-corrected chi connectivity index (χ2v) is 6.05. The Labute approximate surface area is 134 Å². The van der Waals surface area contributed by atoms with Crippen LogP contribution in [0.3, 0.4) is 0 Å². The van der Waals surface area contributed by atoms with E-state index in [9.17, 15) is 9.90 Å². The molecule has 3 heterocycles. The Bertz CT molecular complexity index is 748. The SMILES string of the molecule is O=C(O)[C@@H]1CCCN1c1nc(-c2ccccn2)nc2c1CCC2. The maximum atomic E-state index is 11.5. The molecule has 0 amide bonds. The van der Waals surface area contributed by atoms with Gasteiger partial charge in [0.15, 0.2) is 5.82 Å². The molecule has 0 aromatic carbocycles. The zero-order valence-corrected chi connectivity index (χ0v) is 12.8. The Morgan fingerprint density at radius 2 is 2.13 bits per heavy atom. The number of carbonyl (C=O) groups is 1. The van der Waals surface area contributed by atoms with Crippen LogP contribution in [0.2, 0.25) is 0 Å². The first kappa shape index (κ1) is 14.1. The highest BCUT2D eigenvalue weighted by atomic mass is 16.4. The number of fused-ring (bicyclic) bond motifs is 1. The second-order valence-electron chi connectivity index (χ2n) is 6.05. The lowest BCUT2D eigenvalue weighted by atomic mass is 10.2. The summed E-state index contributed by atoms with van der Waals surface area (Å²) in [5.74, 6) is 0.627. The smallest absolute Gasteiger partial charge is 0.326 e. The van der Waals surface area contributed by atoms with Gasteiger partial charge in [-0.3, -0.25) is 4.98 Å². The van der Waals surface area contributed by atoms with Crippen molar-refractivity contribution >= 4 is 11.8 Å². The molecule has 23 heavy (non-hydrogen) atoms. The standard InChI is InChI=1S/C17H18N4O2/c22-17(23)14-8-4-10-21(14)16-11-5-3-7-12(11)19-15(20-16)13-6-1-2-9-18-13/h1-2,6,9,14H,3-5,7-8,10H2,(H,22,23)/t14-/m0/s1. The van der Waals surface area contributed by atoms with Crippen LogP contribution >= 0.6 is 0 Å². The molecule has 0 bridgehead atoms. The minimum atomic E-state index is -0.771. The monoisotopic (exact) mass is 310 g/mol. The molecular formula is C17H18N4O2. The van der Waals surface area contributed by atoms with E-state index in [2.05, 4.69) is 9.97 Å². The number of aromatic nitrogens is 3. The van der Waals surface area contributed by atoms with Gasteiger partial charge >= 0.3 is 5.97 Å². The summed E-state index contributed by atoms with van der Waals surface area (Å²) in [5.41, 5.74) is 2.90. The molecule has 0 spiro atoms. The Hall–Kier alpha value is -2.50. The van der Waals surface area contributed by atoms with E-state index in [1.54, 1.807) is 6.20 Å². The van der Waals surface area contributed by atoms with Gasteiger partial charge in [-0.15, -0.1) is 0 Å². The Kier molecular flexibility index (Phi) is 3.44. The van der Waals surface area contributed by atoms with Crippen molar-refractivity contribution in [3.63, 3.8) is 0 Å². The number of carboxylic acids is 1. The molecule has 1 aliphatic carbocycles. The normalized spacial score (nSPS) is 19.8. The van der Waals surface area contributed by atoms with Crippen LogP contribution in [0.4, 0.5) is 5.82 Å². The molecule has 6 nitrogen and oxygen atoms in total. The van der Waals surface area contributed by atoms with Crippen molar-refractivity contribution in [1.29, 1.82) is 0 Å². The van der Waals surface area contributed by atoms with Crippen molar-refractivity contribution < 1.29 is 9.90 Å². The van der Waals surface area contributed by atoms with E-state index >= 15 is 0 Å². The van der Waals surface area contributed by atoms with E-state index in [0.717, 1.165) is 55.0 Å². The average Bonchev–Trinajstić information content (AvgIpc) is 3.23. The molecule has 4 rings (SSSR count). The summed E-state index contributed by atoms with van der Waals surface area (Å²) in [6.45, 7) is 0.738. The summed E-state index contributed by atoms with van der Waals surface area (Å²) >= 11 is 0. The van der Waals surface area contributed by atoms with Gasteiger partial charge in [0.1, 0.15) is 17.6 Å². The van der Waals surface area contributed by atoms with Crippen molar-refractivity contribution in [3.8, 4) is 11.5 Å². The van der Waals surface area contributed by atoms with E-state index in [0.29, 0.717) is 12.2 Å². The number of aryl methyl sites for hydroxylation is 1. The van der Waals surface area contributed by atoms with Gasteiger partial charge in [0.25, 0.3) is 0 Å². The minimum Gasteiger partial charge on any atom is -0.480 e. The number of hydrogen-bond acceptors (Lipinski definition) is 5. The Morgan fingerprint density at radius 3 is 2.91 bits per heavy atom. The highest BCUT2D eigenvalue weighted by Crippen LogP contribution is 2.34. The van der Waals surface area contributed by atoms with Crippen LogP contribution < -0.4 is 4.90 Å². The summed E-state index contributed by atoms with van der Waals surface area (Å²) in [7, 11) is 0. The molecule has 0 radical (unpaired) electrons. The lowest BCUT2D eigenvalue weighted by molar-refractivity contribution is -0.138. The van der Waals surface area contributed by atoms with Gasteiger partial charge in [0.05, 0.1) is 0 Å². The number of rotatable bonds is 3. The summed E-state index contributed by atoms with van der Waals surface area (Å²) in [6, 6.07) is 5.18. The highest BCUT2D eigenvalue weighted by molar-refractivity contribution is 5.79. The van der Waals surface area contributed by atoms with Crippen LogP contribution in [-0.2, 0) is 17.6 Å². The van der Waals surface area contributed by atoms with E-state index in [1.807, 2.05) is 23.1 Å². The molecule has 2 aliphatic rings. The molecule has 1 N–H and O–H groups in total.